The number of methoxy groups -OCH3 is 1. The Bertz CT molecular complexity index is 1520. The number of thioether (sulfide) groups is 1. The smallest absolute Gasteiger partial charge is 0.298 e. The molecule has 180 valence electrons. The van der Waals surface area contributed by atoms with Crippen LogP contribution in [0.5, 0.6) is 11.5 Å². The maximum absolute atomic E-state index is 13.0. The zero-order chi connectivity index (χ0) is 25.2. The van der Waals surface area contributed by atoms with Gasteiger partial charge in [-0.25, -0.2) is 4.90 Å². The number of fused-ring (bicyclic) bond motifs is 1. The minimum atomic E-state index is -0.390. The number of nitrogens with zero attached hydrogens (tertiary/aromatic N) is 1. The summed E-state index contributed by atoms with van der Waals surface area (Å²) in [5, 5.41) is 2.48. The lowest BCUT2D eigenvalue weighted by molar-refractivity contribution is -0.113. The van der Waals surface area contributed by atoms with E-state index in [4.69, 9.17) is 21.1 Å². The third-order valence-corrected chi connectivity index (χ3v) is 7.34. The lowest BCUT2D eigenvalue weighted by atomic mass is 10.1. The predicted octanol–water partition coefficient (Wildman–Crippen LogP) is 8.08. The Kier molecular flexibility index (Phi) is 7.05. The van der Waals surface area contributed by atoms with Gasteiger partial charge in [-0.2, -0.15) is 0 Å². The molecule has 1 saturated heterocycles. The van der Waals surface area contributed by atoms with E-state index < -0.39 is 0 Å². The molecule has 0 saturated carbocycles. The molecule has 4 aromatic carbocycles. The van der Waals surface area contributed by atoms with E-state index in [0.29, 0.717) is 43.8 Å². The van der Waals surface area contributed by atoms with Crippen LogP contribution in [-0.4, -0.2) is 18.3 Å². The van der Waals surface area contributed by atoms with Gasteiger partial charge in [0.2, 0.25) is 0 Å². The normalized spacial score (nSPS) is 14.6. The fraction of sp³-hybridized carbons (Fsp3) is 0.0714. The zero-order valence-corrected chi connectivity index (χ0v) is 22.2. The Morgan fingerprint density at radius 2 is 1.72 bits per heavy atom. The van der Waals surface area contributed by atoms with Crippen LogP contribution >= 0.6 is 39.3 Å². The maximum atomic E-state index is 13.0. The molecule has 36 heavy (non-hydrogen) atoms. The van der Waals surface area contributed by atoms with Gasteiger partial charge in [0, 0.05) is 5.02 Å². The predicted molar refractivity (Wildman–Crippen MR) is 149 cm³/mol. The first kappa shape index (κ1) is 24.4. The molecule has 0 radical (unpaired) electrons. The van der Waals surface area contributed by atoms with E-state index in [1.807, 2.05) is 24.3 Å². The molecule has 0 atom stereocenters. The summed E-state index contributed by atoms with van der Waals surface area (Å²) in [6.07, 6.45) is 1.67. The summed E-state index contributed by atoms with van der Waals surface area (Å²) in [6.45, 7) is 0.360. The first-order valence-electron chi connectivity index (χ1n) is 10.9. The number of benzene rings is 4. The maximum Gasteiger partial charge on any atom is 0.298 e. The van der Waals surface area contributed by atoms with Crippen LogP contribution in [0.2, 0.25) is 5.02 Å². The molecular weight excluding hydrogens is 562 g/mol. The number of carbonyl (C=O) groups excluding carboxylic acids is 2. The number of hydrogen-bond acceptors (Lipinski definition) is 5. The molecule has 0 aromatic heterocycles. The Balaban J connectivity index is 1.37. The van der Waals surface area contributed by atoms with Crippen molar-refractivity contribution in [2.75, 3.05) is 12.0 Å². The van der Waals surface area contributed by atoms with Crippen molar-refractivity contribution in [3.05, 3.63) is 104 Å². The quantitative estimate of drug-likeness (QED) is 0.216. The molecule has 0 spiro atoms. The van der Waals surface area contributed by atoms with E-state index in [9.17, 15) is 9.59 Å². The third-order valence-electron chi connectivity index (χ3n) is 5.63. The summed E-state index contributed by atoms with van der Waals surface area (Å²) in [5.74, 6) is 0.671. The highest BCUT2D eigenvalue weighted by Gasteiger charge is 2.36. The van der Waals surface area contributed by atoms with Gasteiger partial charge in [0.05, 0.1) is 22.2 Å². The summed E-state index contributed by atoms with van der Waals surface area (Å²) >= 11 is 10.4. The summed E-state index contributed by atoms with van der Waals surface area (Å²) in [5.41, 5.74) is 2.20. The van der Waals surface area contributed by atoms with Crippen LogP contribution in [0.15, 0.2) is 88.2 Å². The van der Waals surface area contributed by atoms with E-state index in [1.165, 1.54) is 5.39 Å². The van der Waals surface area contributed by atoms with Crippen molar-refractivity contribution in [2.24, 2.45) is 0 Å². The van der Waals surface area contributed by atoms with Crippen molar-refractivity contribution in [3.8, 4) is 11.5 Å². The van der Waals surface area contributed by atoms with Crippen LogP contribution in [0.4, 0.5) is 10.5 Å². The molecule has 4 aromatic rings. The van der Waals surface area contributed by atoms with Gasteiger partial charge in [0.15, 0.2) is 11.5 Å². The second-order valence-corrected chi connectivity index (χ2v) is 10.3. The van der Waals surface area contributed by atoms with E-state index in [-0.39, 0.29) is 11.1 Å². The van der Waals surface area contributed by atoms with Crippen molar-refractivity contribution >= 4 is 73.0 Å². The molecule has 0 N–H and O–H groups in total. The number of amides is 2. The standard InChI is InChI=1S/C28H19BrClNO4S/c1-34-24-14-18(15-25-27(32)31(28(33)36-25)22-10-8-21(30)9-11-22)13-23(29)26(24)35-16-17-6-7-19-4-2-3-5-20(19)12-17/h2-15H,16H2,1H3/b25-15+. The molecule has 1 fully saturated rings. The number of imide groups is 1. The van der Waals surface area contributed by atoms with Crippen LogP contribution in [0.25, 0.3) is 16.8 Å². The molecule has 1 aliphatic heterocycles. The van der Waals surface area contributed by atoms with Gasteiger partial charge in [-0.05, 0) is 98.1 Å². The van der Waals surface area contributed by atoms with Gasteiger partial charge in [0.1, 0.15) is 6.61 Å². The molecule has 1 heterocycles. The van der Waals surface area contributed by atoms with E-state index in [0.717, 1.165) is 27.6 Å². The van der Waals surface area contributed by atoms with Gasteiger partial charge < -0.3 is 9.47 Å². The number of carbonyl (C=O) groups is 2. The summed E-state index contributed by atoms with van der Waals surface area (Å²) in [4.78, 5) is 27.0. The number of hydrogen-bond donors (Lipinski definition) is 0. The summed E-state index contributed by atoms with van der Waals surface area (Å²) in [7, 11) is 1.56. The van der Waals surface area contributed by atoms with Gasteiger partial charge >= 0.3 is 0 Å². The van der Waals surface area contributed by atoms with Crippen molar-refractivity contribution in [2.45, 2.75) is 6.61 Å². The first-order valence-corrected chi connectivity index (χ1v) is 12.9. The van der Waals surface area contributed by atoms with Crippen LogP contribution in [-0.2, 0) is 11.4 Å². The molecule has 0 bridgehead atoms. The van der Waals surface area contributed by atoms with E-state index in [1.54, 1.807) is 43.5 Å². The number of anilines is 1. The zero-order valence-electron chi connectivity index (χ0n) is 19.0. The summed E-state index contributed by atoms with van der Waals surface area (Å²) in [6, 6.07) is 24.5. The molecule has 2 amide bonds. The van der Waals surface area contributed by atoms with Crippen LogP contribution in [0, 0.1) is 0 Å². The second-order valence-electron chi connectivity index (χ2n) is 8.00. The van der Waals surface area contributed by atoms with E-state index >= 15 is 0 Å². The highest BCUT2D eigenvalue weighted by Crippen LogP contribution is 2.40. The van der Waals surface area contributed by atoms with Crippen LogP contribution < -0.4 is 14.4 Å². The molecule has 5 nitrogen and oxygen atoms in total. The number of rotatable bonds is 6. The van der Waals surface area contributed by atoms with Crippen molar-refractivity contribution in [1.29, 1.82) is 0 Å². The molecule has 1 aliphatic rings. The largest absolute Gasteiger partial charge is 0.493 e. The van der Waals surface area contributed by atoms with Crippen molar-refractivity contribution < 1.29 is 19.1 Å². The lowest BCUT2D eigenvalue weighted by Crippen LogP contribution is -2.27. The fourth-order valence-electron chi connectivity index (χ4n) is 3.88. The van der Waals surface area contributed by atoms with Gasteiger partial charge in [0.25, 0.3) is 11.1 Å². The monoisotopic (exact) mass is 579 g/mol. The average Bonchev–Trinajstić information content (AvgIpc) is 3.15. The minimum absolute atomic E-state index is 0.314. The highest BCUT2D eigenvalue weighted by molar-refractivity contribution is 9.10. The lowest BCUT2D eigenvalue weighted by Gasteiger charge is -2.14. The number of halogens is 2. The van der Waals surface area contributed by atoms with Crippen molar-refractivity contribution in [3.63, 3.8) is 0 Å². The second kappa shape index (κ2) is 10.4. The molecule has 0 unspecified atom stereocenters. The Hall–Kier alpha value is -3.26. The Morgan fingerprint density at radius 1 is 0.972 bits per heavy atom. The molecule has 0 aliphatic carbocycles. The minimum Gasteiger partial charge on any atom is -0.493 e. The molecular formula is C28H19BrClNO4S. The van der Waals surface area contributed by atoms with E-state index in [2.05, 4.69) is 40.2 Å². The third kappa shape index (κ3) is 5.00. The first-order chi connectivity index (χ1) is 17.4. The average molecular weight is 581 g/mol. The van der Waals surface area contributed by atoms with Crippen LogP contribution in [0.3, 0.4) is 0 Å². The summed E-state index contributed by atoms with van der Waals surface area (Å²) < 4.78 is 12.3. The molecule has 8 heteroatoms. The molecule has 5 rings (SSSR count). The van der Waals surface area contributed by atoms with Crippen molar-refractivity contribution in [1.82, 2.24) is 0 Å². The van der Waals surface area contributed by atoms with Gasteiger partial charge in [-0.3, -0.25) is 9.59 Å². The topological polar surface area (TPSA) is 55.8 Å². The SMILES string of the molecule is COc1cc(/C=C2/SC(=O)N(c3ccc(Cl)cc3)C2=O)cc(Br)c1OCc1ccc2ccccc2c1. The number of ether oxygens (including phenoxy) is 2. The van der Waals surface area contributed by atoms with Gasteiger partial charge in [-0.15, -0.1) is 0 Å². The van der Waals surface area contributed by atoms with Gasteiger partial charge in [-0.1, -0.05) is 48.0 Å². The highest BCUT2D eigenvalue weighted by atomic mass is 79.9. The Labute approximate surface area is 225 Å². The van der Waals surface area contributed by atoms with Crippen LogP contribution in [0.1, 0.15) is 11.1 Å². The Morgan fingerprint density at radius 3 is 2.47 bits per heavy atom. The fourth-order valence-corrected chi connectivity index (χ4v) is 5.42.